The van der Waals surface area contributed by atoms with Crippen LogP contribution in [0.5, 0.6) is 0 Å². The maximum atomic E-state index is 10.9. The molecule has 1 aliphatic rings. The average molecular weight is 140 g/mol. The molecule has 1 fully saturated rings. The molecule has 1 nitrogen and oxygen atoms in total. The molecule has 0 aromatic rings. The van der Waals surface area contributed by atoms with Gasteiger partial charge in [-0.3, -0.25) is 4.79 Å². The summed E-state index contributed by atoms with van der Waals surface area (Å²) in [5.41, 5.74) is 0. The normalized spacial score (nSPS) is 38.9. The van der Waals surface area contributed by atoms with E-state index in [-0.39, 0.29) is 0 Å². The molecule has 1 saturated carbocycles. The summed E-state index contributed by atoms with van der Waals surface area (Å²) >= 11 is 0. The zero-order valence-corrected chi connectivity index (χ0v) is 7.05. The van der Waals surface area contributed by atoms with E-state index in [9.17, 15) is 4.79 Å². The van der Waals surface area contributed by atoms with Gasteiger partial charge in [-0.25, -0.2) is 0 Å². The summed E-state index contributed by atoms with van der Waals surface area (Å²) in [6.07, 6.45) is 2.30. The van der Waals surface area contributed by atoms with Gasteiger partial charge < -0.3 is 0 Å². The number of carbonyl (C=O) groups is 1. The first-order valence-electron chi connectivity index (χ1n) is 4.17. The monoisotopic (exact) mass is 140 g/mol. The van der Waals surface area contributed by atoms with Crippen molar-refractivity contribution in [3.05, 3.63) is 0 Å². The summed E-state index contributed by atoms with van der Waals surface area (Å²) in [6, 6.07) is 0. The Morgan fingerprint density at radius 1 is 1.60 bits per heavy atom. The van der Waals surface area contributed by atoms with Crippen LogP contribution in [0.15, 0.2) is 0 Å². The third-order valence-corrected chi connectivity index (χ3v) is 2.87. The van der Waals surface area contributed by atoms with Crippen molar-refractivity contribution in [3.63, 3.8) is 0 Å². The molecule has 0 saturated heterocycles. The first-order valence-corrected chi connectivity index (χ1v) is 4.17. The lowest BCUT2D eigenvalue weighted by Crippen LogP contribution is -2.38. The molecule has 1 heteroatoms. The summed E-state index contributed by atoms with van der Waals surface area (Å²) in [5.74, 6) is 2.28. The molecular weight excluding hydrogens is 124 g/mol. The molecule has 0 aromatic heterocycles. The van der Waals surface area contributed by atoms with Crippen LogP contribution in [0.25, 0.3) is 0 Å². The Morgan fingerprint density at radius 2 is 2.20 bits per heavy atom. The van der Waals surface area contributed by atoms with E-state index in [1.165, 1.54) is 6.42 Å². The van der Waals surface area contributed by atoms with Crippen LogP contribution in [0.1, 0.15) is 33.6 Å². The molecule has 0 aromatic carbocycles. The third kappa shape index (κ3) is 1.09. The maximum Gasteiger partial charge on any atom is 0.133 e. The number of Topliss-reactive ketones (excluding diaryl/α,β-unsaturated/α-hetero) is 1. The number of carbonyl (C=O) groups excluding carboxylic acids is 1. The van der Waals surface area contributed by atoms with E-state index in [1.54, 1.807) is 6.92 Å². The number of rotatable bonds is 2. The van der Waals surface area contributed by atoms with Crippen LogP contribution in [0, 0.1) is 17.8 Å². The minimum absolute atomic E-state index is 0.393. The first-order chi connectivity index (χ1) is 4.66. The van der Waals surface area contributed by atoms with Crippen molar-refractivity contribution in [1.29, 1.82) is 0 Å². The van der Waals surface area contributed by atoms with Gasteiger partial charge in [-0.1, -0.05) is 20.3 Å². The van der Waals surface area contributed by atoms with Crippen molar-refractivity contribution in [2.45, 2.75) is 33.6 Å². The Labute approximate surface area is 62.8 Å². The van der Waals surface area contributed by atoms with Gasteiger partial charge in [0.25, 0.3) is 0 Å². The van der Waals surface area contributed by atoms with E-state index in [1.807, 2.05) is 0 Å². The lowest BCUT2D eigenvalue weighted by atomic mass is 9.63. The molecule has 0 amide bonds. The minimum atomic E-state index is 0.393. The second kappa shape index (κ2) is 2.73. The molecule has 0 heterocycles. The van der Waals surface area contributed by atoms with Crippen LogP contribution in [-0.4, -0.2) is 5.78 Å². The van der Waals surface area contributed by atoms with Gasteiger partial charge in [0.2, 0.25) is 0 Å². The van der Waals surface area contributed by atoms with Crippen LogP contribution in [0.2, 0.25) is 0 Å². The van der Waals surface area contributed by atoms with E-state index >= 15 is 0 Å². The van der Waals surface area contributed by atoms with E-state index in [0.717, 1.165) is 12.3 Å². The molecule has 1 rings (SSSR count). The molecule has 0 spiro atoms. The number of ketones is 1. The Balaban J connectivity index is 2.45. The van der Waals surface area contributed by atoms with E-state index in [4.69, 9.17) is 0 Å². The third-order valence-electron chi connectivity index (χ3n) is 2.87. The Kier molecular flexibility index (Phi) is 2.12. The highest BCUT2D eigenvalue weighted by molar-refractivity contribution is 5.79. The highest BCUT2D eigenvalue weighted by Gasteiger charge is 2.38. The van der Waals surface area contributed by atoms with E-state index < -0.39 is 0 Å². The van der Waals surface area contributed by atoms with Crippen LogP contribution >= 0.6 is 0 Å². The quantitative estimate of drug-likeness (QED) is 0.575. The highest BCUT2D eigenvalue weighted by Crippen LogP contribution is 2.42. The van der Waals surface area contributed by atoms with Crippen molar-refractivity contribution in [2.24, 2.45) is 17.8 Å². The van der Waals surface area contributed by atoms with Crippen LogP contribution in [0.3, 0.4) is 0 Å². The molecule has 0 radical (unpaired) electrons. The fourth-order valence-corrected chi connectivity index (χ4v) is 2.11. The second-order valence-electron chi connectivity index (χ2n) is 3.50. The van der Waals surface area contributed by atoms with Gasteiger partial charge in [0.15, 0.2) is 0 Å². The summed E-state index contributed by atoms with van der Waals surface area (Å²) in [7, 11) is 0. The predicted octanol–water partition coefficient (Wildman–Crippen LogP) is 2.26. The van der Waals surface area contributed by atoms with Gasteiger partial charge in [0.05, 0.1) is 0 Å². The molecule has 0 aliphatic heterocycles. The molecule has 58 valence electrons. The van der Waals surface area contributed by atoms with Gasteiger partial charge >= 0.3 is 0 Å². The zero-order chi connectivity index (χ0) is 7.72. The zero-order valence-electron chi connectivity index (χ0n) is 7.05. The molecule has 0 bridgehead atoms. The molecule has 0 N–H and O–H groups in total. The summed E-state index contributed by atoms with van der Waals surface area (Å²) in [5, 5.41) is 0. The first kappa shape index (κ1) is 7.77. The topological polar surface area (TPSA) is 17.1 Å². The lowest BCUT2D eigenvalue weighted by molar-refractivity contribution is -0.128. The Bertz CT molecular complexity index is 140. The van der Waals surface area contributed by atoms with Gasteiger partial charge in [-0.15, -0.1) is 0 Å². The van der Waals surface area contributed by atoms with Gasteiger partial charge in [0, 0.05) is 5.92 Å². The van der Waals surface area contributed by atoms with Crippen LogP contribution in [-0.2, 0) is 4.79 Å². The second-order valence-corrected chi connectivity index (χ2v) is 3.50. The van der Waals surface area contributed by atoms with Crippen molar-refractivity contribution in [2.75, 3.05) is 0 Å². The van der Waals surface area contributed by atoms with Crippen molar-refractivity contribution >= 4 is 5.78 Å². The van der Waals surface area contributed by atoms with E-state index in [0.29, 0.717) is 17.6 Å². The van der Waals surface area contributed by atoms with Gasteiger partial charge in [-0.2, -0.15) is 0 Å². The minimum Gasteiger partial charge on any atom is -0.300 e. The van der Waals surface area contributed by atoms with Gasteiger partial charge in [-0.05, 0) is 25.2 Å². The molecule has 3 atom stereocenters. The Hall–Kier alpha value is -0.330. The SMILES string of the molecule is CCC1C(C)CC1C(C)=O. The summed E-state index contributed by atoms with van der Waals surface area (Å²) in [6.45, 7) is 6.14. The van der Waals surface area contributed by atoms with Crippen LogP contribution < -0.4 is 0 Å². The maximum absolute atomic E-state index is 10.9. The van der Waals surface area contributed by atoms with Crippen molar-refractivity contribution < 1.29 is 4.79 Å². The fraction of sp³-hybridized carbons (Fsp3) is 0.889. The summed E-state index contributed by atoms with van der Waals surface area (Å²) in [4.78, 5) is 10.9. The number of hydrogen-bond donors (Lipinski definition) is 0. The largest absolute Gasteiger partial charge is 0.300 e. The standard InChI is InChI=1S/C9H16O/c1-4-8-6(2)5-9(8)7(3)10/h6,8-9H,4-5H2,1-3H3. The molecule has 10 heavy (non-hydrogen) atoms. The summed E-state index contributed by atoms with van der Waals surface area (Å²) < 4.78 is 0. The lowest BCUT2D eigenvalue weighted by Gasteiger charge is -2.41. The van der Waals surface area contributed by atoms with Gasteiger partial charge in [0.1, 0.15) is 5.78 Å². The molecule has 3 unspecified atom stereocenters. The van der Waals surface area contributed by atoms with E-state index in [2.05, 4.69) is 13.8 Å². The number of hydrogen-bond acceptors (Lipinski definition) is 1. The highest BCUT2D eigenvalue weighted by atomic mass is 16.1. The molecular formula is C9H16O. The average Bonchev–Trinajstić information content (AvgIpc) is 1.83. The molecule has 1 aliphatic carbocycles. The Morgan fingerprint density at radius 3 is 2.40 bits per heavy atom. The predicted molar refractivity (Wildman–Crippen MR) is 41.7 cm³/mol. The van der Waals surface area contributed by atoms with Crippen molar-refractivity contribution in [1.82, 2.24) is 0 Å². The smallest absolute Gasteiger partial charge is 0.133 e. The van der Waals surface area contributed by atoms with Crippen molar-refractivity contribution in [3.8, 4) is 0 Å². The van der Waals surface area contributed by atoms with Crippen LogP contribution in [0.4, 0.5) is 0 Å². The fourth-order valence-electron chi connectivity index (χ4n) is 2.11.